The number of amides is 1. The van der Waals surface area contributed by atoms with Crippen LogP contribution in [0.3, 0.4) is 0 Å². The van der Waals surface area contributed by atoms with Crippen molar-refractivity contribution in [3.8, 4) is 5.75 Å². The number of fused-ring (bicyclic) bond motifs is 5. The minimum absolute atomic E-state index is 0.00511. The van der Waals surface area contributed by atoms with E-state index in [2.05, 4.69) is 18.3 Å². The molecule has 4 rings (SSSR count). The monoisotopic (exact) mass is 457 g/mol. The van der Waals surface area contributed by atoms with Crippen LogP contribution in [0.25, 0.3) is 0 Å². The largest absolute Gasteiger partial charge is 0.508 e. The Bertz CT molecular complexity index is 831. The summed E-state index contributed by atoms with van der Waals surface area (Å²) in [6, 6.07) is 5.46. The maximum Gasteiger partial charge on any atom is 0.236 e. The van der Waals surface area contributed by atoms with Crippen molar-refractivity contribution in [3.05, 3.63) is 29.3 Å². The predicted octanol–water partition coefficient (Wildman–Crippen LogP) is 3.19. The molecule has 1 aromatic rings. The fourth-order valence-corrected chi connectivity index (χ4v) is 7.34. The molecule has 6 heteroatoms. The topological polar surface area (TPSA) is 122 Å². The number of aliphatic hydroxyl groups is 1. The van der Waals surface area contributed by atoms with E-state index in [1.165, 1.54) is 11.1 Å². The Morgan fingerprint density at radius 2 is 2.09 bits per heavy atom. The highest BCUT2D eigenvalue weighted by Gasteiger charge is 2.57. The highest BCUT2D eigenvalue weighted by atomic mass is 16.3. The van der Waals surface area contributed by atoms with Crippen molar-refractivity contribution in [3.63, 3.8) is 0 Å². The van der Waals surface area contributed by atoms with E-state index in [1.807, 2.05) is 12.1 Å². The summed E-state index contributed by atoms with van der Waals surface area (Å²) in [5.41, 5.74) is 14.2. The first kappa shape index (κ1) is 24.5. The Morgan fingerprint density at radius 3 is 2.88 bits per heavy atom. The van der Waals surface area contributed by atoms with Crippen LogP contribution in [0.4, 0.5) is 0 Å². The Balaban J connectivity index is 1.31. The van der Waals surface area contributed by atoms with E-state index in [9.17, 15) is 15.0 Å². The van der Waals surface area contributed by atoms with E-state index < -0.39 is 6.04 Å². The van der Waals surface area contributed by atoms with E-state index in [0.717, 1.165) is 57.8 Å². The number of benzene rings is 1. The van der Waals surface area contributed by atoms with Gasteiger partial charge in [0.25, 0.3) is 0 Å². The van der Waals surface area contributed by atoms with Gasteiger partial charge < -0.3 is 27.0 Å². The van der Waals surface area contributed by atoms with Gasteiger partial charge >= 0.3 is 0 Å². The van der Waals surface area contributed by atoms with Crippen LogP contribution in [-0.4, -0.2) is 41.4 Å². The van der Waals surface area contributed by atoms with Gasteiger partial charge in [0.2, 0.25) is 5.91 Å². The highest BCUT2D eigenvalue weighted by molar-refractivity contribution is 5.81. The van der Waals surface area contributed by atoms with Crippen LogP contribution < -0.4 is 16.8 Å². The van der Waals surface area contributed by atoms with Gasteiger partial charge in [0.05, 0.1) is 12.1 Å². The van der Waals surface area contributed by atoms with Crippen molar-refractivity contribution >= 4 is 5.91 Å². The SMILES string of the molecule is C[C@]12CC[C@@H]3c4ccc(O)cc4CC[C@H]3[C@@H]1C[C@H](CCCNC(=O)[C@@H](N)CCCCN)[C@@H]2O. The van der Waals surface area contributed by atoms with Gasteiger partial charge in [-0.15, -0.1) is 0 Å². The average molecular weight is 458 g/mol. The number of carbonyl (C=O) groups is 1. The molecule has 3 aliphatic rings. The van der Waals surface area contributed by atoms with Gasteiger partial charge in [-0.05, 0) is 117 Å². The summed E-state index contributed by atoms with van der Waals surface area (Å²) in [4.78, 5) is 12.2. The molecule has 0 spiro atoms. The Kier molecular flexibility index (Phi) is 7.66. The predicted molar refractivity (Wildman–Crippen MR) is 131 cm³/mol. The van der Waals surface area contributed by atoms with E-state index in [-0.39, 0.29) is 17.4 Å². The number of carbonyl (C=O) groups excluding carboxylic acids is 1. The molecule has 3 aliphatic carbocycles. The van der Waals surface area contributed by atoms with Crippen molar-refractivity contribution < 1.29 is 15.0 Å². The van der Waals surface area contributed by atoms with E-state index in [4.69, 9.17) is 11.5 Å². The van der Waals surface area contributed by atoms with Crippen LogP contribution in [0.5, 0.6) is 5.75 Å². The maximum absolute atomic E-state index is 12.2. The van der Waals surface area contributed by atoms with Crippen molar-refractivity contribution in [1.29, 1.82) is 0 Å². The lowest BCUT2D eigenvalue weighted by atomic mass is 9.55. The van der Waals surface area contributed by atoms with Crippen molar-refractivity contribution in [1.82, 2.24) is 5.32 Å². The molecule has 0 saturated heterocycles. The molecular weight excluding hydrogens is 414 g/mol. The molecule has 0 unspecified atom stereocenters. The van der Waals surface area contributed by atoms with Crippen LogP contribution in [0, 0.1) is 23.2 Å². The van der Waals surface area contributed by atoms with Gasteiger partial charge in [0.15, 0.2) is 0 Å². The van der Waals surface area contributed by atoms with Crippen LogP contribution in [0.2, 0.25) is 0 Å². The molecular formula is C27H43N3O3. The number of phenols is 1. The number of nitrogens with two attached hydrogens (primary N) is 2. The molecule has 0 radical (unpaired) electrons. The molecule has 0 bridgehead atoms. The number of phenolic OH excluding ortho intramolecular Hbond substituents is 1. The zero-order valence-electron chi connectivity index (χ0n) is 20.1. The summed E-state index contributed by atoms with van der Waals surface area (Å²) in [5.74, 6) is 2.31. The molecule has 1 amide bonds. The van der Waals surface area contributed by atoms with Crippen LogP contribution >= 0.6 is 0 Å². The molecule has 0 heterocycles. The molecule has 2 fully saturated rings. The maximum atomic E-state index is 12.2. The lowest BCUT2D eigenvalue weighted by Gasteiger charge is -2.50. The standard InChI is InChI=1S/C27H43N3O3/c1-27-12-11-21-20-10-8-19(31)15-17(20)7-9-22(21)23(27)16-18(25(27)32)5-4-14-30-26(33)24(29)6-2-3-13-28/h8,10,15,18,21-25,31-32H,2-7,9,11-14,16,28-29H2,1H3,(H,30,33)/t18-,21+,22+,23-,24-,25-,27-/m0/s1. The van der Waals surface area contributed by atoms with E-state index >= 15 is 0 Å². The van der Waals surface area contributed by atoms with Crippen molar-refractivity contribution in [2.75, 3.05) is 13.1 Å². The van der Waals surface area contributed by atoms with E-state index in [1.54, 1.807) is 0 Å². The van der Waals surface area contributed by atoms with Gasteiger partial charge in [-0.3, -0.25) is 4.79 Å². The fraction of sp³-hybridized carbons (Fsp3) is 0.741. The van der Waals surface area contributed by atoms with Crippen LogP contribution in [0.15, 0.2) is 18.2 Å². The van der Waals surface area contributed by atoms with Gasteiger partial charge in [-0.25, -0.2) is 0 Å². The Morgan fingerprint density at radius 1 is 1.27 bits per heavy atom. The number of rotatable bonds is 9. The molecule has 6 nitrogen and oxygen atoms in total. The van der Waals surface area contributed by atoms with Gasteiger partial charge in [0.1, 0.15) is 5.75 Å². The number of hydrogen-bond donors (Lipinski definition) is 5. The van der Waals surface area contributed by atoms with Crippen molar-refractivity contribution in [2.24, 2.45) is 34.6 Å². The number of unbranched alkanes of at least 4 members (excludes halogenated alkanes) is 1. The van der Waals surface area contributed by atoms with Gasteiger partial charge in [-0.2, -0.15) is 0 Å². The summed E-state index contributed by atoms with van der Waals surface area (Å²) in [7, 11) is 0. The first-order chi connectivity index (χ1) is 15.8. The summed E-state index contributed by atoms with van der Waals surface area (Å²) < 4.78 is 0. The summed E-state index contributed by atoms with van der Waals surface area (Å²) >= 11 is 0. The molecule has 7 atom stereocenters. The van der Waals surface area contributed by atoms with E-state index in [0.29, 0.717) is 48.9 Å². The van der Waals surface area contributed by atoms with Crippen LogP contribution in [-0.2, 0) is 11.2 Å². The average Bonchev–Trinajstić information content (AvgIpc) is 3.06. The molecule has 184 valence electrons. The minimum atomic E-state index is -0.455. The molecule has 7 N–H and O–H groups in total. The second kappa shape index (κ2) is 10.3. The third kappa shape index (κ3) is 4.94. The lowest BCUT2D eigenvalue weighted by molar-refractivity contribution is -0.122. The Hall–Kier alpha value is -1.63. The summed E-state index contributed by atoms with van der Waals surface area (Å²) in [5, 5.41) is 24.2. The molecule has 0 aromatic heterocycles. The molecule has 2 saturated carbocycles. The molecule has 33 heavy (non-hydrogen) atoms. The molecule has 1 aromatic carbocycles. The smallest absolute Gasteiger partial charge is 0.236 e. The molecule has 0 aliphatic heterocycles. The van der Waals surface area contributed by atoms with Gasteiger partial charge in [-0.1, -0.05) is 19.4 Å². The third-order valence-electron chi connectivity index (χ3n) is 9.18. The second-order valence-corrected chi connectivity index (χ2v) is 11.1. The number of aryl methyl sites for hydroxylation is 1. The second-order valence-electron chi connectivity index (χ2n) is 11.1. The first-order valence-electron chi connectivity index (χ1n) is 13.1. The minimum Gasteiger partial charge on any atom is -0.508 e. The lowest BCUT2D eigenvalue weighted by Crippen LogP contribution is -2.44. The quantitative estimate of drug-likeness (QED) is 0.365. The Labute approximate surface area is 198 Å². The number of hydrogen-bond acceptors (Lipinski definition) is 5. The number of aliphatic hydroxyl groups excluding tert-OH is 1. The first-order valence-corrected chi connectivity index (χ1v) is 13.1. The number of nitrogens with one attached hydrogen (secondary N) is 1. The third-order valence-corrected chi connectivity index (χ3v) is 9.18. The number of aromatic hydroxyl groups is 1. The van der Waals surface area contributed by atoms with Gasteiger partial charge in [0, 0.05) is 6.54 Å². The fourth-order valence-electron chi connectivity index (χ4n) is 7.34. The normalized spacial score (nSPS) is 33.6. The summed E-state index contributed by atoms with van der Waals surface area (Å²) in [6.45, 7) is 3.57. The zero-order valence-corrected chi connectivity index (χ0v) is 20.1. The summed E-state index contributed by atoms with van der Waals surface area (Å²) in [6.07, 6.45) is 9.45. The zero-order chi connectivity index (χ0) is 23.6. The highest BCUT2D eigenvalue weighted by Crippen LogP contribution is 2.62. The van der Waals surface area contributed by atoms with Crippen LogP contribution in [0.1, 0.15) is 81.8 Å². The van der Waals surface area contributed by atoms with Crippen molar-refractivity contribution in [2.45, 2.75) is 89.2 Å².